The van der Waals surface area contributed by atoms with Crippen LogP contribution in [-0.4, -0.2) is 28.6 Å². The number of aromatic nitrogens is 1. The lowest BCUT2D eigenvalue weighted by Gasteiger charge is -2.18. The molecule has 0 aliphatic carbocycles. The Hall–Kier alpha value is -1.24. The van der Waals surface area contributed by atoms with Gasteiger partial charge in [-0.25, -0.2) is 4.98 Å². The van der Waals surface area contributed by atoms with Gasteiger partial charge in [0, 0.05) is 29.0 Å². The predicted octanol–water partition coefficient (Wildman–Crippen LogP) is 2.62. The Morgan fingerprint density at radius 1 is 1.47 bits per heavy atom. The fourth-order valence-corrected chi connectivity index (χ4v) is 2.99. The monoisotopic (exact) mass is 296 g/mol. The second kappa shape index (κ2) is 6.27. The number of hydrogen-bond donors (Lipinski definition) is 2. The Labute approximate surface area is 120 Å². The molecular formula is C13H16N2O2S2. The molecule has 0 aromatic carbocycles. The van der Waals surface area contributed by atoms with E-state index < -0.39 is 0 Å². The van der Waals surface area contributed by atoms with Gasteiger partial charge in [-0.2, -0.15) is 11.3 Å². The number of amides is 1. The number of aliphatic hydroxyl groups is 1. The smallest absolute Gasteiger partial charge is 0.270 e. The number of rotatable bonds is 5. The van der Waals surface area contributed by atoms with Crippen molar-refractivity contribution in [3.05, 3.63) is 27.9 Å². The quantitative estimate of drug-likeness (QED) is 0.891. The van der Waals surface area contributed by atoms with Crippen LogP contribution in [0.4, 0.5) is 0 Å². The van der Waals surface area contributed by atoms with E-state index in [-0.39, 0.29) is 24.5 Å². The van der Waals surface area contributed by atoms with E-state index >= 15 is 0 Å². The molecule has 0 radical (unpaired) electrons. The molecule has 19 heavy (non-hydrogen) atoms. The second-order valence-electron chi connectivity index (χ2n) is 4.47. The molecule has 102 valence electrons. The molecule has 2 aromatic rings. The first kappa shape index (κ1) is 14.2. The third-order valence-corrected chi connectivity index (χ3v) is 4.58. The zero-order chi connectivity index (χ0) is 13.8. The van der Waals surface area contributed by atoms with E-state index in [2.05, 4.69) is 10.3 Å². The van der Waals surface area contributed by atoms with Crippen molar-refractivity contribution in [2.45, 2.75) is 19.9 Å². The van der Waals surface area contributed by atoms with Crippen LogP contribution in [0, 0.1) is 5.92 Å². The maximum Gasteiger partial charge on any atom is 0.270 e. The van der Waals surface area contributed by atoms with E-state index in [1.54, 1.807) is 16.7 Å². The average molecular weight is 296 g/mol. The van der Waals surface area contributed by atoms with Crippen LogP contribution < -0.4 is 5.32 Å². The van der Waals surface area contributed by atoms with Crippen LogP contribution in [0.3, 0.4) is 0 Å². The number of thiazole rings is 1. The summed E-state index contributed by atoms with van der Waals surface area (Å²) in [4.78, 5) is 16.4. The van der Waals surface area contributed by atoms with Gasteiger partial charge in [0.1, 0.15) is 10.7 Å². The third-order valence-electron chi connectivity index (χ3n) is 3.01. The molecule has 2 N–H and O–H groups in total. The molecule has 2 unspecified atom stereocenters. The van der Waals surface area contributed by atoms with E-state index in [0.29, 0.717) is 5.69 Å². The number of thiophene rings is 1. The fourth-order valence-electron chi connectivity index (χ4n) is 1.48. The Morgan fingerprint density at radius 3 is 2.89 bits per heavy atom. The Balaban J connectivity index is 2.04. The molecule has 0 spiro atoms. The van der Waals surface area contributed by atoms with Gasteiger partial charge in [0.05, 0.1) is 0 Å². The number of aliphatic hydroxyl groups excluding tert-OH is 1. The van der Waals surface area contributed by atoms with Crippen LogP contribution in [0.5, 0.6) is 0 Å². The van der Waals surface area contributed by atoms with Crippen LogP contribution in [0.15, 0.2) is 22.2 Å². The highest BCUT2D eigenvalue weighted by Gasteiger charge is 2.17. The van der Waals surface area contributed by atoms with Gasteiger partial charge in [0.2, 0.25) is 0 Å². The van der Waals surface area contributed by atoms with Crippen molar-refractivity contribution in [3.63, 3.8) is 0 Å². The van der Waals surface area contributed by atoms with Crippen LogP contribution >= 0.6 is 22.7 Å². The molecule has 0 aliphatic heterocycles. The Bertz CT molecular complexity index is 537. The van der Waals surface area contributed by atoms with Crippen molar-refractivity contribution in [3.8, 4) is 10.6 Å². The maximum atomic E-state index is 12.0. The summed E-state index contributed by atoms with van der Waals surface area (Å²) in [6.45, 7) is 3.83. The summed E-state index contributed by atoms with van der Waals surface area (Å²) in [7, 11) is 0. The molecule has 0 bridgehead atoms. The van der Waals surface area contributed by atoms with Crippen LogP contribution in [-0.2, 0) is 0 Å². The normalized spacial score (nSPS) is 14.1. The third kappa shape index (κ3) is 3.40. The lowest BCUT2D eigenvalue weighted by Crippen LogP contribution is -2.38. The van der Waals surface area contributed by atoms with Crippen molar-refractivity contribution in [1.82, 2.24) is 10.3 Å². The van der Waals surface area contributed by atoms with Gasteiger partial charge in [-0.3, -0.25) is 4.79 Å². The molecule has 0 aliphatic rings. The van der Waals surface area contributed by atoms with E-state index in [1.165, 1.54) is 11.3 Å². The molecular weight excluding hydrogens is 280 g/mol. The average Bonchev–Trinajstić information content (AvgIpc) is 3.07. The minimum Gasteiger partial charge on any atom is -0.396 e. The highest BCUT2D eigenvalue weighted by Crippen LogP contribution is 2.25. The van der Waals surface area contributed by atoms with Gasteiger partial charge in [0.15, 0.2) is 0 Å². The summed E-state index contributed by atoms with van der Waals surface area (Å²) in [5, 5.41) is 18.5. The second-order valence-corrected chi connectivity index (χ2v) is 6.11. The summed E-state index contributed by atoms with van der Waals surface area (Å²) in [5.74, 6) is -0.163. The molecule has 0 fully saturated rings. The summed E-state index contributed by atoms with van der Waals surface area (Å²) in [6, 6.07) is 1.91. The first-order valence-electron chi connectivity index (χ1n) is 6.01. The van der Waals surface area contributed by atoms with Gasteiger partial charge >= 0.3 is 0 Å². The summed E-state index contributed by atoms with van der Waals surface area (Å²) < 4.78 is 0. The zero-order valence-corrected chi connectivity index (χ0v) is 12.4. The number of nitrogens with one attached hydrogen (secondary N) is 1. The van der Waals surface area contributed by atoms with Gasteiger partial charge in [-0.1, -0.05) is 6.92 Å². The number of nitrogens with zero attached hydrogens (tertiary/aromatic N) is 1. The summed E-state index contributed by atoms with van der Waals surface area (Å²) >= 11 is 3.07. The molecule has 2 rings (SSSR count). The summed E-state index contributed by atoms with van der Waals surface area (Å²) in [6.07, 6.45) is 0. The van der Waals surface area contributed by atoms with Gasteiger partial charge in [-0.05, 0) is 24.3 Å². The van der Waals surface area contributed by atoms with Crippen molar-refractivity contribution >= 4 is 28.6 Å². The van der Waals surface area contributed by atoms with Crippen LogP contribution in [0.1, 0.15) is 24.3 Å². The molecule has 0 saturated carbocycles. The van der Waals surface area contributed by atoms with E-state index in [0.717, 1.165) is 10.6 Å². The lowest BCUT2D eigenvalue weighted by atomic mass is 10.1. The van der Waals surface area contributed by atoms with Crippen LogP contribution in [0.25, 0.3) is 10.6 Å². The lowest BCUT2D eigenvalue weighted by molar-refractivity contribution is 0.0912. The van der Waals surface area contributed by atoms with Gasteiger partial charge in [0.25, 0.3) is 5.91 Å². The maximum absolute atomic E-state index is 12.0. The molecule has 2 aromatic heterocycles. The predicted molar refractivity (Wildman–Crippen MR) is 78.6 cm³/mol. The SMILES string of the molecule is CC(CO)C(C)NC(=O)c1csc(-c2ccsc2)n1. The van der Waals surface area contributed by atoms with E-state index in [4.69, 9.17) is 5.11 Å². The topological polar surface area (TPSA) is 62.2 Å². The Morgan fingerprint density at radius 2 is 2.26 bits per heavy atom. The highest BCUT2D eigenvalue weighted by atomic mass is 32.1. The van der Waals surface area contributed by atoms with Gasteiger partial charge in [-0.15, -0.1) is 11.3 Å². The molecule has 0 saturated heterocycles. The molecule has 2 atom stereocenters. The van der Waals surface area contributed by atoms with E-state index in [1.807, 2.05) is 30.7 Å². The van der Waals surface area contributed by atoms with Crippen molar-refractivity contribution < 1.29 is 9.90 Å². The standard InChI is InChI=1S/C13H16N2O2S2/c1-8(5-16)9(2)14-12(17)11-7-19-13(15-11)10-3-4-18-6-10/h3-4,6-9,16H,5H2,1-2H3,(H,14,17). The highest BCUT2D eigenvalue weighted by molar-refractivity contribution is 7.14. The number of carbonyl (C=O) groups excluding carboxylic acids is 1. The minimum atomic E-state index is -0.189. The van der Waals surface area contributed by atoms with Crippen molar-refractivity contribution in [2.75, 3.05) is 6.61 Å². The van der Waals surface area contributed by atoms with Crippen LogP contribution in [0.2, 0.25) is 0 Å². The largest absolute Gasteiger partial charge is 0.396 e. The Kier molecular flexibility index (Phi) is 4.68. The fraction of sp³-hybridized carbons (Fsp3) is 0.385. The van der Waals surface area contributed by atoms with Crippen molar-refractivity contribution in [2.24, 2.45) is 5.92 Å². The molecule has 4 nitrogen and oxygen atoms in total. The molecule has 2 heterocycles. The first-order valence-corrected chi connectivity index (χ1v) is 7.84. The minimum absolute atomic E-state index is 0.0268. The first-order chi connectivity index (χ1) is 9.11. The number of hydrogen-bond acceptors (Lipinski definition) is 5. The van der Waals surface area contributed by atoms with Gasteiger partial charge < -0.3 is 10.4 Å². The summed E-state index contributed by atoms with van der Waals surface area (Å²) in [5.41, 5.74) is 1.48. The van der Waals surface area contributed by atoms with Crippen molar-refractivity contribution in [1.29, 1.82) is 0 Å². The molecule has 6 heteroatoms. The zero-order valence-electron chi connectivity index (χ0n) is 10.8. The number of carbonyl (C=O) groups is 1. The van der Waals surface area contributed by atoms with E-state index in [9.17, 15) is 4.79 Å². The molecule has 1 amide bonds.